The molecule has 0 bridgehead atoms. The van der Waals surface area contributed by atoms with Gasteiger partial charge in [-0.25, -0.2) is 4.39 Å². The Morgan fingerprint density at radius 2 is 2.10 bits per heavy atom. The van der Waals surface area contributed by atoms with Crippen molar-refractivity contribution in [3.8, 4) is 0 Å². The van der Waals surface area contributed by atoms with Gasteiger partial charge in [-0.2, -0.15) is 0 Å². The number of piperidine rings is 1. The molecule has 1 aliphatic heterocycles. The summed E-state index contributed by atoms with van der Waals surface area (Å²) in [6, 6.07) is 1.76. The smallest absolute Gasteiger partial charge is 0.285 e. The Balaban J connectivity index is 2.35. The standard InChI is InChI=1S/C14H18FN3O3/c1-8-3-4-17(7-9(8)2)14(19)10-5-12(16)11(15)6-13(10)18(20)21/h5-6,8-9H,3-4,7,16H2,1-2H3. The summed E-state index contributed by atoms with van der Waals surface area (Å²) in [5, 5.41) is 11.0. The van der Waals surface area contributed by atoms with Crippen LogP contribution >= 0.6 is 0 Å². The average molecular weight is 295 g/mol. The van der Waals surface area contributed by atoms with Crippen LogP contribution in [0.15, 0.2) is 12.1 Å². The zero-order valence-electron chi connectivity index (χ0n) is 12.0. The summed E-state index contributed by atoms with van der Waals surface area (Å²) >= 11 is 0. The molecule has 1 amide bonds. The molecule has 2 atom stereocenters. The van der Waals surface area contributed by atoms with Crippen molar-refractivity contribution in [1.82, 2.24) is 4.90 Å². The van der Waals surface area contributed by atoms with Crippen LogP contribution in [0.2, 0.25) is 0 Å². The van der Waals surface area contributed by atoms with E-state index in [2.05, 4.69) is 6.92 Å². The number of amides is 1. The Labute approximate surface area is 121 Å². The number of nitro groups is 1. The maximum absolute atomic E-state index is 13.4. The Hall–Kier alpha value is -2.18. The number of hydrogen-bond donors (Lipinski definition) is 1. The van der Waals surface area contributed by atoms with Crippen LogP contribution in [-0.2, 0) is 0 Å². The SMILES string of the molecule is CC1CCN(C(=O)c2cc(N)c(F)cc2[N+](=O)[O-])CC1C. The summed E-state index contributed by atoms with van der Waals surface area (Å²) in [5.41, 5.74) is 4.48. The van der Waals surface area contributed by atoms with Crippen molar-refractivity contribution in [1.29, 1.82) is 0 Å². The largest absolute Gasteiger partial charge is 0.396 e. The van der Waals surface area contributed by atoms with Crippen molar-refractivity contribution in [2.24, 2.45) is 11.8 Å². The number of nitrogens with zero attached hydrogens (tertiary/aromatic N) is 2. The van der Waals surface area contributed by atoms with Gasteiger partial charge in [0.2, 0.25) is 0 Å². The van der Waals surface area contributed by atoms with Gasteiger partial charge >= 0.3 is 0 Å². The molecule has 114 valence electrons. The van der Waals surface area contributed by atoms with Crippen LogP contribution < -0.4 is 5.73 Å². The molecular weight excluding hydrogens is 277 g/mol. The van der Waals surface area contributed by atoms with E-state index in [1.807, 2.05) is 6.92 Å². The molecule has 1 aromatic carbocycles. The average Bonchev–Trinajstić information content (AvgIpc) is 2.43. The molecule has 0 saturated carbocycles. The van der Waals surface area contributed by atoms with Crippen LogP contribution in [0.4, 0.5) is 15.8 Å². The van der Waals surface area contributed by atoms with E-state index in [4.69, 9.17) is 5.73 Å². The third-order valence-corrected chi connectivity index (χ3v) is 4.16. The van der Waals surface area contributed by atoms with Crippen molar-refractivity contribution >= 4 is 17.3 Å². The molecule has 0 aromatic heterocycles. The maximum atomic E-state index is 13.4. The Morgan fingerprint density at radius 3 is 2.67 bits per heavy atom. The maximum Gasteiger partial charge on any atom is 0.285 e. The lowest BCUT2D eigenvalue weighted by Crippen LogP contribution is -2.42. The van der Waals surface area contributed by atoms with Crippen LogP contribution in [0.25, 0.3) is 0 Å². The predicted octanol–water partition coefficient (Wildman–Crippen LogP) is 2.43. The number of benzene rings is 1. The van der Waals surface area contributed by atoms with Crippen LogP contribution in [0.1, 0.15) is 30.6 Å². The molecule has 7 heteroatoms. The minimum atomic E-state index is -0.890. The van der Waals surface area contributed by atoms with Crippen molar-refractivity contribution in [3.63, 3.8) is 0 Å². The van der Waals surface area contributed by atoms with Crippen molar-refractivity contribution in [2.45, 2.75) is 20.3 Å². The Morgan fingerprint density at radius 1 is 1.43 bits per heavy atom. The van der Waals surface area contributed by atoms with E-state index in [-0.39, 0.29) is 11.3 Å². The van der Waals surface area contributed by atoms with Gasteiger partial charge in [0.05, 0.1) is 16.7 Å². The van der Waals surface area contributed by atoms with Crippen LogP contribution in [0.3, 0.4) is 0 Å². The molecule has 1 saturated heterocycles. The molecule has 2 rings (SSSR count). The molecule has 6 nitrogen and oxygen atoms in total. The number of carbonyl (C=O) groups excluding carboxylic acids is 1. The zero-order valence-corrected chi connectivity index (χ0v) is 12.0. The lowest BCUT2D eigenvalue weighted by atomic mass is 9.88. The minimum absolute atomic E-state index is 0.152. The fourth-order valence-electron chi connectivity index (χ4n) is 2.52. The van der Waals surface area contributed by atoms with E-state index in [0.717, 1.165) is 12.5 Å². The Bertz CT molecular complexity index is 591. The highest BCUT2D eigenvalue weighted by Gasteiger charge is 2.31. The molecule has 2 N–H and O–H groups in total. The highest BCUT2D eigenvalue weighted by molar-refractivity contribution is 5.99. The van der Waals surface area contributed by atoms with Gasteiger partial charge in [0, 0.05) is 13.1 Å². The first kappa shape index (κ1) is 15.2. The second kappa shape index (κ2) is 5.67. The molecule has 0 aliphatic carbocycles. The van der Waals surface area contributed by atoms with Gasteiger partial charge in [-0.15, -0.1) is 0 Å². The lowest BCUT2D eigenvalue weighted by Gasteiger charge is -2.35. The van der Waals surface area contributed by atoms with Gasteiger partial charge in [0.25, 0.3) is 11.6 Å². The van der Waals surface area contributed by atoms with Gasteiger partial charge in [-0.1, -0.05) is 13.8 Å². The van der Waals surface area contributed by atoms with E-state index < -0.39 is 22.3 Å². The number of anilines is 1. The summed E-state index contributed by atoms with van der Waals surface area (Å²) in [4.78, 5) is 24.3. The number of nitro benzene ring substituents is 1. The van der Waals surface area contributed by atoms with Gasteiger partial charge < -0.3 is 10.6 Å². The quantitative estimate of drug-likeness (QED) is 0.515. The first-order valence-electron chi connectivity index (χ1n) is 6.84. The van der Waals surface area contributed by atoms with Gasteiger partial charge in [-0.3, -0.25) is 14.9 Å². The van der Waals surface area contributed by atoms with E-state index in [0.29, 0.717) is 31.0 Å². The predicted molar refractivity (Wildman–Crippen MR) is 76.3 cm³/mol. The summed E-state index contributed by atoms with van der Waals surface area (Å²) < 4.78 is 13.4. The molecule has 0 radical (unpaired) electrons. The Kier molecular flexibility index (Phi) is 4.11. The monoisotopic (exact) mass is 295 g/mol. The molecular formula is C14H18FN3O3. The second-order valence-electron chi connectivity index (χ2n) is 5.64. The fraction of sp³-hybridized carbons (Fsp3) is 0.500. The van der Waals surface area contributed by atoms with Crippen molar-refractivity contribution in [2.75, 3.05) is 18.8 Å². The first-order chi connectivity index (χ1) is 9.81. The topological polar surface area (TPSA) is 89.5 Å². The number of carbonyl (C=O) groups is 1. The van der Waals surface area contributed by atoms with Crippen LogP contribution in [-0.4, -0.2) is 28.8 Å². The normalized spacial score (nSPS) is 22.1. The van der Waals surface area contributed by atoms with Crippen LogP contribution in [0, 0.1) is 27.8 Å². The summed E-state index contributed by atoms with van der Waals surface area (Å²) in [5.74, 6) is -0.534. The fourth-order valence-corrected chi connectivity index (χ4v) is 2.52. The number of nitrogen functional groups attached to an aromatic ring is 1. The van der Waals surface area contributed by atoms with Crippen LogP contribution in [0.5, 0.6) is 0 Å². The summed E-state index contributed by atoms with van der Waals surface area (Å²) in [6.07, 6.45) is 0.845. The van der Waals surface area contributed by atoms with E-state index in [1.54, 1.807) is 4.90 Å². The molecule has 1 fully saturated rings. The third kappa shape index (κ3) is 2.96. The number of hydrogen-bond acceptors (Lipinski definition) is 4. The minimum Gasteiger partial charge on any atom is -0.396 e. The molecule has 0 spiro atoms. The van der Waals surface area contributed by atoms with Crippen molar-refractivity contribution < 1.29 is 14.1 Å². The van der Waals surface area contributed by atoms with Gasteiger partial charge in [0.15, 0.2) is 5.82 Å². The number of rotatable bonds is 2. The molecule has 21 heavy (non-hydrogen) atoms. The van der Waals surface area contributed by atoms with E-state index >= 15 is 0 Å². The summed E-state index contributed by atoms with van der Waals surface area (Å²) in [7, 11) is 0. The number of nitrogens with two attached hydrogens (primary N) is 1. The van der Waals surface area contributed by atoms with Gasteiger partial charge in [0.1, 0.15) is 5.56 Å². The van der Waals surface area contributed by atoms with Gasteiger partial charge in [-0.05, 0) is 24.3 Å². The molecule has 1 heterocycles. The molecule has 1 aromatic rings. The van der Waals surface area contributed by atoms with E-state index in [9.17, 15) is 19.3 Å². The third-order valence-electron chi connectivity index (χ3n) is 4.16. The molecule has 2 unspecified atom stereocenters. The van der Waals surface area contributed by atoms with E-state index in [1.165, 1.54) is 0 Å². The summed E-state index contributed by atoms with van der Waals surface area (Å²) in [6.45, 7) is 5.23. The highest BCUT2D eigenvalue weighted by Crippen LogP contribution is 2.28. The highest BCUT2D eigenvalue weighted by atomic mass is 19.1. The first-order valence-corrected chi connectivity index (χ1v) is 6.84. The number of likely N-dealkylation sites (tertiary alicyclic amines) is 1. The molecule has 1 aliphatic rings. The second-order valence-corrected chi connectivity index (χ2v) is 5.64. The van der Waals surface area contributed by atoms with Crippen molar-refractivity contribution in [3.05, 3.63) is 33.6 Å². The number of halogens is 1. The lowest BCUT2D eigenvalue weighted by molar-refractivity contribution is -0.385. The zero-order chi connectivity index (χ0) is 15.7.